The Morgan fingerprint density at radius 3 is 2.62 bits per heavy atom. The van der Waals surface area contributed by atoms with Crippen LogP contribution in [0.2, 0.25) is 5.02 Å². The zero-order valence-electron chi connectivity index (χ0n) is 15.2. The van der Waals surface area contributed by atoms with E-state index in [1.54, 1.807) is 26.1 Å². The normalized spacial score (nSPS) is 13.0. The van der Waals surface area contributed by atoms with Gasteiger partial charge in [0.15, 0.2) is 0 Å². The molecule has 0 unspecified atom stereocenters. The van der Waals surface area contributed by atoms with Crippen LogP contribution in [0.25, 0.3) is 10.9 Å². The van der Waals surface area contributed by atoms with Gasteiger partial charge in [-0.25, -0.2) is 0 Å². The van der Waals surface area contributed by atoms with E-state index in [0.717, 1.165) is 16.5 Å². The lowest BCUT2D eigenvalue weighted by Crippen LogP contribution is -2.28. The number of hydrogen-bond acceptors (Lipinski definition) is 3. The van der Waals surface area contributed by atoms with Crippen molar-refractivity contribution in [3.63, 3.8) is 0 Å². The van der Waals surface area contributed by atoms with Gasteiger partial charge in [-0.3, -0.25) is 9.78 Å². The monoisotopic (exact) mass is 371 g/mol. The lowest BCUT2D eigenvalue weighted by Gasteiger charge is -2.18. The van der Waals surface area contributed by atoms with Crippen LogP contribution in [0.5, 0.6) is 0 Å². The molecule has 1 aromatic carbocycles. The maximum Gasteiger partial charge on any atom is 0.268 e. The minimum atomic E-state index is -0.991. The molecule has 5 nitrogen and oxygen atoms in total. The Labute approximate surface area is 157 Å². The predicted octanol–water partition coefficient (Wildman–Crippen LogP) is 3.95. The number of rotatable bonds is 4. The molecule has 0 aliphatic heterocycles. The Morgan fingerprint density at radius 1 is 1.27 bits per heavy atom. The van der Waals surface area contributed by atoms with Crippen molar-refractivity contribution in [1.82, 2.24) is 14.9 Å². The molecule has 0 saturated carbocycles. The summed E-state index contributed by atoms with van der Waals surface area (Å²) in [7, 11) is 1.85. The lowest BCUT2D eigenvalue weighted by molar-refractivity contribution is 0.0737. The second-order valence-corrected chi connectivity index (χ2v) is 7.46. The second kappa shape index (κ2) is 6.74. The lowest BCUT2D eigenvalue weighted by atomic mass is 10.0. The van der Waals surface area contributed by atoms with Crippen LogP contribution >= 0.6 is 11.6 Å². The van der Waals surface area contributed by atoms with E-state index in [9.17, 15) is 9.90 Å². The molecule has 26 heavy (non-hydrogen) atoms. The SMILES string of the molecule is C[C@H](NC(=O)c1cc2ccc(Cl)cc2n1C)c1ccc(C(C)(C)O)nc1. The number of pyridine rings is 1. The molecule has 0 aliphatic rings. The van der Waals surface area contributed by atoms with E-state index in [4.69, 9.17) is 11.6 Å². The van der Waals surface area contributed by atoms with Gasteiger partial charge in [-0.2, -0.15) is 0 Å². The molecule has 1 atom stereocenters. The van der Waals surface area contributed by atoms with Gasteiger partial charge in [-0.05, 0) is 50.6 Å². The minimum Gasteiger partial charge on any atom is -0.384 e. The quantitative estimate of drug-likeness (QED) is 0.729. The van der Waals surface area contributed by atoms with Gasteiger partial charge in [-0.15, -0.1) is 0 Å². The Balaban J connectivity index is 1.80. The summed E-state index contributed by atoms with van der Waals surface area (Å²) in [5.74, 6) is -0.168. The number of aromatic nitrogens is 2. The zero-order chi connectivity index (χ0) is 19.1. The van der Waals surface area contributed by atoms with Crippen LogP contribution in [0.1, 0.15) is 48.6 Å². The minimum absolute atomic E-state index is 0.168. The smallest absolute Gasteiger partial charge is 0.268 e. The fourth-order valence-electron chi connectivity index (χ4n) is 2.90. The first-order valence-electron chi connectivity index (χ1n) is 8.41. The summed E-state index contributed by atoms with van der Waals surface area (Å²) in [5, 5.41) is 14.6. The van der Waals surface area contributed by atoms with Gasteiger partial charge < -0.3 is 15.0 Å². The number of aliphatic hydroxyl groups is 1. The molecule has 0 aliphatic carbocycles. The number of amides is 1. The van der Waals surface area contributed by atoms with Gasteiger partial charge >= 0.3 is 0 Å². The average Bonchev–Trinajstić information content (AvgIpc) is 2.91. The van der Waals surface area contributed by atoms with Gasteiger partial charge in [-0.1, -0.05) is 23.7 Å². The molecule has 2 aromatic heterocycles. The van der Waals surface area contributed by atoms with Crippen molar-refractivity contribution in [3.05, 3.63) is 64.6 Å². The van der Waals surface area contributed by atoms with Crippen LogP contribution in [0.3, 0.4) is 0 Å². The molecule has 2 N–H and O–H groups in total. The highest BCUT2D eigenvalue weighted by atomic mass is 35.5. The molecular formula is C20H22ClN3O2. The number of benzene rings is 1. The highest BCUT2D eigenvalue weighted by molar-refractivity contribution is 6.31. The topological polar surface area (TPSA) is 67.2 Å². The average molecular weight is 372 g/mol. The summed E-state index contributed by atoms with van der Waals surface area (Å²) >= 11 is 6.05. The first kappa shape index (κ1) is 18.4. The van der Waals surface area contributed by atoms with E-state index in [0.29, 0.717) is 16.4 Å². The van der Waals surface area contributed by atoms with Crippen molar-refractivity contribution in [2.45, 2.75) is 32.4 Å². The van der Waals surface area contributed by atoms with Crippen LogP contribution in [-0.2, 0) is 12.6 Å². The second-order valence-electron chi connectivity index (χ2n) is 7.02. The van der Waals surface area contributed by atoms with Crippen LogP contribution < -0.4 is 5.32 Å². The first-order chi connectivity index (χ1) is 12.2. The summed E-state index contributed by atoms with van der Waals surface area (Å²) in [4.78, 5) is 17.0. The van der Waals surface area contributed by atoms with Crippen LogP contribution in [0, 0.1) is 0 Å². The van der Waals surface area contributed by atoms with E-state index in [1.807, 2.05) is 48.9 Å². The highest BCUT2D eigenvalue weighted by Gasteiger charge is 2.19. The third-order valence-corrected chi connectivity index (χ3v) is 4.74. The highest BCUT2D eigenvalue weighted by Crippen LogP contribution is 2.24. The number of hydrogen-bond donors (Lipinski definition) is 2. The molecule has 1 amide bonds. The Hall–Kier alpha value is -2.37. The summed E-state index contributed by atoms with van der Waals surface area (Å²) in [5.41, 5.74) is 1.94. The van der Waals surface area contributed by atoms with E-state index >= 15 is 0 Å². The van der Waals surface area contributed by atoms with Crippen LogP contribution in [-0.4, -0.2) is 20.6 Å². The Kier molecular flexibility index (Phi) is 4.78. The molecule has 0 radical (unpaired) electrons. The van der Waals surface area contributed by atoms with E-state index in [1.165, 1.54) is 0 Å². The zero-order valence-corrected chi connectivity index (χ0v) is 16.0. The molecular weight excluding hydrogens is 350 g/mol. The van der Waals surface area contributed by atoms with Gasteiger partial charge in [0.05, 0.1) is 11.7 Å². The molecule has 0 spiro atoms. The predicted molar refractivity (Wildman–Crippen MR) is 103 cm³/mol. The van der Waals surface area contributed by atoms with Gasteiger partial charge in [0, 0.05) is 29.2 Å². The molecule has 136 valence electrons. The van der Waals surface area contributed by atoms with E-state index < -0.39 is 5.60 Å². The standard InChI is InChI=1S/C20H22ClN3O2/c1-12(14-6-8-18(22-11-14)20(2,3)26)23-19(25)17-9-13-5-7-15(21)10-16(13)24(17)4/h5-12,26H,1-4H3,(H,23,25)/t12-/m0/s1. The molecule has 2 heterocycles. The third kappa shape index (κ3) is 3.59. The number of carbonyl (C=O) groups excluding carboxylic acids is 1. The number of halogens is 1. The van der Waals surface area contributed by atoms with Crippen molar-refractivity contribution < 1.29 is 9.90 Å². The summed E-state index contributed by atoms with van der Waals surface area (Å²) in [6.07, 6.45) is 1.68. The van der Waals surface area contributed by atoms with Crippen LogP contribution in [0.15, 0.2) is 42.6 Å². The van der Waals surface area contributed by atoms with Crippen molar-refractivity contribution in [1.29, 1.82) is 0 Å². The first-order valence-corrected chi connectivity index (χ1v) is 8.79. The Morgan fingerprint density at radius 2 is 2.00 bits per heavy atom. The molecule has 0 fully saturated rings. The van der Waals surface area contributed by atoms with Crippen molar-refractivity contribution in [3.8, 4) is 0 Å². The Bertz CT molecular complexity index is 956. The van der Waals surface area contributed by atoms with Crippen molar-refractivity contribution in [2.24, 2.45) is 7.05 Å². The number of nitrogens with zero attached hydrogens (tertiary/aromatic N) is 2. The number of aryl methyl sites for hydroxylation is 1. The largest absolute Gasteiger partial charge is 0.384 e. The molecule has 3 aromatic rings. The molecule has 3 rings (SSSR count). The fourth-order valence-corrected chi connectivity index (χ4v) is 3.06. The maximum atomic E-state index is 12.7. The van der Waals surface area contributed by atoms with Crippen molar-refractivity contribution in [2.75, 3.05) is 0 Å². The van der Waals surface area contributed by atoms with Crippen molar-refractivity contribution >= 4 is 28.4 Å². The van der Waals surface area contributed by atoms with Gasteiger partial charge in [0.25, 0.3) is 5.91 Å². The molecule has 0 saturated heterocycles. The number of carbonyl (C=O) groups is 1. The number of nitrogens with one attached hydrogen (secondary N) is 1. The summed E-state index contributed by atoms with van der Waals surface area (Å²) in [6.45, 7) is 5.28. The fraction of sp³-hybridized carbons (Fsp3) is 0.300. The number of fused-ring (bicyclic) bond motifs is 1. The van der Waals surface area contributed by atoms with Gasteiger partial charge in [0.2, 0.25) is 0 Å². The van der Waals surface area contributed by atoms with E-state index in [2.05, 4.69) is 10.3 Å². The molecule has 6 heteroatoms. The maximum absolute atomic E-state index is 12.7. The third-order valence-electron chi connectivity index (χ3n) is 4.50. The van der Waals surface area contributed by atoms with E-state index in [-0.39, 0.29) is 11.9 Å². The summed E-state index contributed by atoms with van der Waals surface area (Å²) in [6, 6.07) is 10.8. The summed E-state index contributed by atoms with van der Waals surface area (Å²) < 4.78 is 1.83. The van der Waals surface area contributed by atoms with Gasteiger partial charge in [0.1, 0.15) is 11.3 Å². The molecule has 0 bridgehead atoms. The van der Waals surface area contributed by atoms with Crippen LogP contribution in [0.4, 0.5) is 0 Å².